The predicted octanol–water partition coefficient (Wildman–Crippen LogP) is 3.44. The highest BCUT2D eigenvalue weighted by Crippen LogP contribution is 2.24. The van der Waals surface area contributed by atoms with Crippen LogP contribution in [-0.4, -0.2) is 14.1 Å². The van der Waals surface area contributed by atoms with Gasteiger partial charge in [-0.25, -0.2) is 0 Å². The molecule has 0 fully saturated rings. The zero-order valence-electron chi connectivity index (χ0n) is 9.96. The Bertz CT molecular complexity index is 300. The first kappa shape index (κ1) is 11.1. The van der Waals surface area contributed by atoms with Gasteiger partial charge in [0.2, 0.25) is 0 Å². The normalized spacial score (nSPS) is 10.7. The zero-order valence-corrected chi connectivity index (χ0v) is 9.96. The molecule has 1 rings (SSSR count). The van der Waals surface area contributed by atoms with Gasteiger partial charge < -0.3 is 4.90 Å². The van der Waals surface area contributed by atoms with Crippen LogP contribution < -0.4 is 4.90 Å². The molecule has 0 heterocycles. The van der Waals surface area contributed by atoms with Crippen molar-refractivity contribution < 1.29 is 0 Å². The molecule has 0 bridgehead atoms. The van der Waals surface area contributed by atoms with E-state index in [9.17, 15) is 0 Å². The summed E-state index contributed by atoms with van der Waals surface area (Å²) in [4.78, 5) is 2.18. The van der Waals surface area contributed by atoms with Crippen LogP contribution in [0.4, 0.5) is 5.69 Å². The molecule has 0 unspecified atom stereocenters. The summed E-state index contributed by atoms with van der Waals surface area (Å²) in [5.74, 6) is 0.622. The van der Waals surface area contributed by atoms with Crippen LogP contribution in [0.15, 0.2) is 18.2 Å². The fourth-order valence-corrected chi connectivity index (χ4v) is 1.68. The first-order valence-corrected chi connectivity index (χ1v) is 5.36. The number of anilines is 1. The van der Waals surface area contributed by atoms with Gasteiger partial charge in [0.05, 0.1) is 0 Å². The molecule has 1 heteroatoms. The van der Waals surface area contributed by atoms with E-state index in [1.807, 2.05) is 0 Å². The van der Waals surface area contributed by atoms with Crippen LogP contribution in [0.5, 0.6) is 0 Å². The van der Waals surface area contributed by atoms with Crippen molar-refractivity contribution >= 4 is 5.69 Å². The lowest BCUT2D eigenvalue weighted by Crippen LogP contribution is -2.11. The third-order valence-electron chi connectivity index (χ3n) is 2.63. The van der Waals surface area contributed by atoms with Gasteiger partial charge in [0.25, 0.3) is 0 Å². The smallest absolute Gasteiger partial charge is 0.0393 e. The van der Waals surface area contributed by atoms with Gasteiger partial charge in [-0.3, -0.25) is 0 Å². The Labute approximate surface area is 87.7 Å². The van der Waals surface area contributed by atoms with Crippen molar-refractivity contribution in [3.63, 3.8) is 0 Å². The molecule has 0 radical (unpaired) electrons. The second-order valence-electron chi connectivity index (χ2n) is 4.29. The Kier molecular flexibility index (Phi) is 3.56. The maximum atomic E-state index is 2.33. The summed E-state index contributed by atoms with van der Waals surface area (Å²) in [5, 5.41) is 0. The van der Waals surface area contributed by atoms with Crippen molar-refractivity contribution in [2.75, 3.05) is 19.0 Å². The Hall–Kier alpha value is -0.980. The van der Waals surface area contributed by atoms with Crippen LogP contribution in [0.25, 0.3) is 0 Å². The third-order valence-corrected chi connectivity index (χ3v) is 2.63. The molecule has 0 N–H and O–H groups in total. The number of benzene rings is 1. The lowest BCUT2D eigenvalue weighted by atomic mass is 9.98. The summed E-state index contributed by atoms with van der Waals surface area (Å²) in [7, 11) is 4.20. The van der Waals surface area contributed by atoms with Gasteiger partial charge in [0.1, 0.15) is 0 Å². The summed E-state index contributed by atoms with van der Waals surface area (Å²) in [6.07, 6.45) is 1.11. The maximum absolute atomic E-state index is 2.33. The van der Waals surface area contributed by atoms with Crippen LogP contribution >= 0.6 is 0 Å². The highest BCUT2D eigenvalue weighted by atomic mass is 15.1. The molecule has 0 aromatic heterocycles. The van der Waals surface area contributed by atoms with Gasteiger partial charge >= 0.3 is 0 Å². The van der Waals surface area contributed by atoms with Gasteiger partial charge in [0.15, 0.2) is 0 Å². The fourth-order valence-electron chi connectivity index (χ4n) is 1.68. The quantitative estimate of drug-likeness (QED) is 0.707. The molecule has 78 valence electrons. The Morgan fingerprint density at radius 1 is 1.21 bits per heavy atom. The van der Waals surface area contributed by atoms with Crippen molar-refractivity contribution in [2.24, 2.45) is 0 Å². The van der Waals surface area contributed by atoms with E-state index in [1.54, 1.807) is 0 Å². The minimum absolute atomic E-state index is 0.622. The predicted molar refractivity (Wildman–Crippen MR) is 64.2 cm³/mol. The highest BCUT2D eigenvalue weighted by molar-refractivity contribution is 5.54. The molecule has 1 aromatic rings. The topological polar surface area (TPSA) is 3.24 Å². The minimum Gasteiger partial charge on any atom is -0.377 e. The van der Waals surface area contributed by atoms with E-state index in [2.05, 4.69) is 58.0 Å². The van der Waals surface area contributed by atoms with Crippen molar-refractivity contribution in [1.82, 2.24) is 0 Å². The average molecular weight is 191 g/mol. The van der Waals surface area contributed by atoms with E-state index in [0.717, 1.165) is 6.42 Å². The molecule has 0 aliphatic carbocycles. The van der Waals surface area contributed by atoms with E-state index in [-0.39, 0.29) is 0 Å². The third kappa shape index (κ3) is 2.28. The Morgan fingerprint density at radius 3 is 2.29 bits per heavy atom. The number of rotatable bonds is 3. The van der Waals surface area contributed by atoms with E-state index in [4.69, 9.17) is 0 Å². The molecule has 0 aliphatic heterocycles. The van der Waals surface area contributed by atoms with E-state index in [1.165, 1.54) is 16.8 Å². The molecular weight excluding hydrogens is 170 g/mol. The lowest BCUT2D eigenvalue weighted by Gasteiger charge is -2.18. The fraction of sp³-hybridized carbons (Fsp3) is 0.538. The number of hydrogen-bond donors (Lipinski definition) is 0. The zero-order chi connectivity index (χ0) is 10.7. The van der Waals surface area contributed by atoms with Crippen LogP contribution in [0, 0.1) is 0 Å². The summed E-state index contributed by atoms with van der Waals surface area (Å²) < 4.78 is 0. The summed E-state index contributed by atoms with van der Waals surface area (Å²) in [5.41, 5.74) is 4.23. The molecule has 14 heavy (non-hydrogen) atoms. The van der Waals surface area contributed by atoms with Crippen LogP contribution in [0.3, 0.4) is 0 Å². The Morgan fingerprint density at radius 2 is 1.86 bits per heavy atom. The van der Waals surface area contributed by atoms with Crippen molar-refractivity contribution in [1.29, 1.82) is 0 Å². The minimum atomic E-state index is 0.622. The molecule has 0 spiro atoms. The number of nitrogens with zero attached hydrogens (tertiary/aromatic N) is 1. The molecular formula is C13H21N. The van der Waals surface area contributed by atoms with Crippen LogP contribution in [0.1, 0.15) is 37.8 Å². The number of aryl methyl sites for hydroxylation is 1. The van der Waals surface area contributed by atoms with E-state index in [0.29, 0.717) is 5.92 Å². The van der Waals surface area contributed by atoms with E-state index >= 15 is 0 Å². The molecule has 0 aliphatic rings. The van der Waals surface area contributed by atoms with Crippen LogP contribution in [-0.2, 0) is 6.42 Å². The maximum Gasteiger partial charge on any atom is 0.0393 e. The summed E-state index contributed by atoms with van der Waals surface area (Å²) in [6, 6.07) is 6.80. The molecule has 1 aromatic carbocycles. The standard InChI is InChI=1S/C13H21N/c1-6-11-9-12(10(2)3)7-8-13(11)14(4)5/h7-10H,6H2,1-5H3. The lowest BCUT2D eigenvalue weighted by molar-refractivity contribution is 0.861. The monoisotopic (exact) mass is 191 g/mol. The summed E-state index contributed by atoms with van der Waals surface area (Å²) in [6.45, 7) is 6.70. The Balaban J connectivity index is 3.11. The SMILES string of the molecule is CCc1cc(C(C)C)ccc1N(C)C. The molecule has 0 saturated carbocycles. The van der Waals surface area contributed by atoms with Crippen molar-refractivity contribution in [3.8, 4) is 0 Å². The van der Waals surface area contributed by atoms with Crippen LogP contribution in [0.2, 0.25) is 0 Å². The van der Waals surface area contributed by atoms with Gasteiger partial charge in [-0.2, -0.15) is 0 Å². The molecule has 1 nitrogen and oxygen atoms in total. The first-order valence-electron chi connectivity index (χ1n) is 5.36. The van der Waals surface area contributed by atoms with Gasteiger partial charge in [-0.1, -0.05) is 32.9 Å². The highest BCUT2D eigenvalue weighted by Gasteiger charge is 2.05. The van der Waals surface area contributed by atoms with Crippen molar-refractivity contribution in [3.05, 3.63) is 29.3 Å². The average Bonchev–Trinajstić information content (AvgIpc) is 2.16. The number of hydrogen-bond acceptors (Lipinski definition) is 1. The van der Waals surface area contributed by atoms with Crippen molar-refractivity contribution in [2.45, 2.75) is 33.1 Å². The van der Waals surface area contributed by atoms with E-state index < -0.39 is 0 Å². The second kappa shape index (κ2) is 4.50. The van der Waals surface area contributed by atoms with Gasteiger partial charge in [-0.05, 0) is 29.5 Å². The molecule has 0 amide bonds. The largest absolute Gasteiger partial charge is 0.377 e. The molecule has 0 saturated heterocycles. The van der Waals surface area contributed by atoms with Gasteiger partial charge in [-0.15, -0.1) is 0 Å². The first-order chi connectivity index (χ1) is 6.56. The van der Waals surface area contributed by atoms with Gasteiger partial charge in [0, 0.05) is 19.8 Å². The second-order valence-corrected chi connectivity index (χ2v) is 4.29. The molecule has 0 atom stereocenters. The summed E-state index contributed by atoms with van der Waals surface area (Å²) >= 11 is 0.